The maximum Gasteiger partial charge on any atom is 0.120 e. The molecule has 0 amide bonds. The van der Waals surface area contributed by atoms with Gasteiger partial charge in [-0.15, -0.1) is 0 Å². The third kappa shape index (κ3) is 6.58. The highest BCUT2D eigenvalue weighted by Gasteiger charge is 1.95. The van der Waals surface area contributed by atoms with E-state index < -0.39 is 0 Å². The van der Waals surface area contributed by atoms with Crippen molar-refractivity contribution in [2.24, 2.45) is 5.73 Å². The SMILES string of the molecule is CCCCSCCOc1cccc(C#CCN)c1. The van der Waals surface area contributed by atoms with Crippen LogP contribution in [-0.4, -0.2) is 24.7 Å². The molecule has 1 aromatic rings. The normalized spacial score (nSPS) is 9.67. The van der Waals surface area contributed by atoms with Crippen LogP contribution in [0.2, 0.25) is 0 Å². The molecule has 0 aliphatic rings. The Kier molecular flexibility index (Phi) is 8.20. The third-order valence-electron chi connectivity index (χ3n) is 2.31. The highest BCUT2D eigenvalue weighted by atomic mass is 32.2. The fraction of sp³-hybridized carbons (Fsp3) is 0.467. The van der Waals surface area contributed by atoms with E-state index in [9.17, 15) is 0 Å². The topological polar surface area (TPSA) is 35.2 Å². The number of hydrogen-bond donors (Lipinski definition) is 1. The number of unbranched alkanes of at least 4 members (excludes halogenated alkanes) is 1. The highest BCUT2D eigenvalue weighted by Crippen LogP contribution is 2.13. The predicted octanol–water partition coefficient (Wildman–Crippen LogP) is 2.91. The molecule has 1 rings (SSSR count). The maximum absolute atomic E-state index is 5.69. The van der Waals surface area contributed by atoms with E-state index in [1.54, 1.807) is 0 Å². The van der Waals surface area contributed by atoms with E-state index >= 15 is 0 Å². The maximum atomic E-state index is 5.69. The van der Waals surface area contributed by atoms with E-state index in [-0.39, 0.29) is 0 Å². The average molecular weight is 263 g/mol. The standard InChI is InChI=1S/C15H21NOS/c1-2-3-11-18-12-10-17-15-8-4-6-14(13-15)7-5-9-16/h4,6,8,13H,2-3,9-12,16H2,1H3. The van der Waals surface area contributed by atoms with E-state index in [1.807, 2.05) is 36.0 Å². The predicted molar refractivity (Wildman–Crippen MR) is 80.1 cm³/mol. The Labute approximate surface area is 114 Å². The molecule has 2 nitrogen and oxygen atoms in total. The smallest absolute Gasteiger partial charge is 0.120 e. The lowest BCUT2D eigenvalue weighted by Crippen LogP contribution is -2.01. The molecule has 0 atom stereocenters. The number of ether oxygens (including phenoxy) is 1. The largest absolute Gasteiger partial charge is 0.493 e. The Hall–Kier alpha value is -1.11. The molecule has 0 aliphatic heterocycles. The number of nitrogens with two attached hydrogens (primary N) is 1. The van der Waals surface area contributed by atoms with Crippen LogP contribution in [0, 0.1) is 11.8 Å². The molecule has 18 heavy (non-hydrogen) atoms. The van der Waals surface area contributed by atoms with Gasteiger partial charge in [0.05, 0.1) is 13.2 Å². The lowest BCUT2D eigenvalue weighted by molar-refractivity contribution is 0.344. The minimum atomic E-state index is 0.388. The average Bonchev–Trinajstić information content (AvgIpc) is 2.41. The molecule has 0 heterocycles. The number of thioether (sulfide) groups is 1. The first kappa shape index (κ1) is 14.9. The van der Waals surface area contributed by atoms with Crippen LogP contribution in [0.25, 0.3) is 0 Å². The summed E-state index contributed by atoms with van der Waals surface area (Å²) in [5, 5.41) is 0. The van der Waals surface area contributed by atoms with E-state index in [4.69, 9.17) is 10.5 Å². The Morgan fingerprint density at radius 1 is 1.33 bits per heavy atom. The van der Waals surface area contributed by atoms with Gasteiger partial charge in [-0.3, -0.25) is 0 Å². The van der Waals surface area contributed by atoms with Gasteiger partial charge in [-0.25, -0.2) is 0 Å². The van der Waals surface area contributed by atoms with Gasteiger partial charge in [0.25, 0.3) is 0 Å². The highest BCUT2D eigenvalue weighted by molar-refractivity contribution is 7.99. The van der Waals surface area contributed by atoms with E-state index in [0.29, 0.717) is 6.54 Å². The number of benzene rings is 1. The van der Waals surface area contributed by atoms with E-state index in [2.05, 4.69) is 18.8 Å². The van der Waals surface area contributed by atoms with Gasteiger partial charge in [0, 0.05) is 11.3 Å². The first-order valence-corrected chi connectivity index (χ1v) is 7.52. The van der Waals surface area contributed by atoms with Gasteiger partial charge < -0.3 is 10.5 Å². The molecule has 3 heteroatoms. The molecule has 0 fully saturated rings. The second-order valence-electron chi connectivity index (χ2n) is 3.85. The summed E-state index contributed by atoms with van der Waals surface area (Å²) in [5.74, 6) is 8.99. The fourth-order valence-electron chi connectivity index (χ4n) is 1.38. The number of rotatable bonds is 7. The molecule has 0 saturated heterocycles. The lowest BCUT2D eigenvalue weighted by Gasteiger charge is -2.06. The van der Waals surface area contributed by atoms with Gasteiger partial charge in [0.15, 0.2) is 0 Å². The second kappa shape index (κ2) is 9.87. The summed E-state index contributed by atoms with van der Waals surface area (Å²) >= 11 is 1.95. The van der Waals surface area contributed by atoms with Gasteiger partial charge in [-0.1, -0.05) is 31.3 Å². The molecule has 0 aromatic heterocycles. The second-order valence-corrected chi connectivity index (χ2v) is 5.07. The molecule has 0 aliphatic carbocycles. The first-order chi connectivity index (χ1) is 8.86. The molecule has 0 unspecified atom stereocenters. The zero-order chi connectivity index (χ0) is 13.1. The van der Waals surface area contributed by atoms with Gasteiger partial charge in [0.2, 0.25) is 0 Å². The van der Waals surface area contributed by atoms with Crippen molar-refractivity contribution in [2.45, 2.75) is 19.8 Å². The molecule has 1 aromatic carbocycles. The van der Waals surface area contributed by atoms with Crippen LogP contribution in [0.3, 0.4) is 0 Å². The summed E-state index contributed by atoms with van der Waals surface area (Å²) < 4.78 is 5.69. The Morgan fingerprint density at radius 2 is 2.22 bits per heavy atom. The van der Waals surface area contributed by atoms with Crippen molar-refractivity contribution in [1.29, 1.82) is 0 Å². The van der Waals surface area contributed by atoms with Gasteiger partial charge in [-0.2, -0.15) is 11.8 Å². The zero-order valence-corrected chi connectivity index (χ0v) is 11.8. The monoisotopic (exact) mass is 263 g/mol. The minimum absolute atomic E-state index is 0.388. The Morgan fingerprint density at radius 3 is 3.00 bits per heavy atom. The van der Waals surface area contributed by atoms with Crippen molar-refractivity contribution in [3.05, 3.63) is 29.8 Å². The van der Waals surface area contributed by atoms with Crippen molar-refractivity contribution in [3.8, 4) is 17.6 Å². The third-order valence-corrected chi connectivity index (χ3v) is 3.34. The number of hydrogen-bond acceptors (Lipinski definition) is 3. The van der Waals surface area contributed by atoms with Crippen LogP contribution in [0.5, 0.6) is 5.75 Å². The zero-order valence-electron chi connectivity index (χ0n) is 10.9. The van der Waals surface area contributed by atoms with Crippen molar-refractivity contribution in [3.63, 3.8) is 0 Å². The molecule has 0 spiro atoms. The molecular weight excluding hydrogens is 242 g/mol. The van der Waals surface area contributed by atoms with Crippen molar-refractivity contribution < 1.29 is 4.74 Å². The molecule has 98 valence electrons. The molecule has 0 saturated carbocycles. The Bertz CT molecular complexity index is 395. The van der Waals surface area contributed by atoms with Crippen LogP contribution in [0.1, 0.15) is 25.3 Å². The van der Waals surface area contributed by atoms with Gasteiger partial charge in [0.1, 0.15) is 5.75 Å². The van der Waals surface area contributed by atoms with E-state index in [0.717, 1.165) is 23.7 Å². The van der Waals surface area contributed by atoms with E-state index in [1.165, 1.54) is 18.6 Å². The molecule has 0 radical (unpaired) electrons. The summed E-state index contributed by atoms with van der Waals surface area (Å²) in [6.07, 6.45) is 2.55. The lowest BCUT2D eigenvalue weighted by atomic mass is 10.2. The van der Waals surface area contributed by atoms with Crippen molar-refractivity contribution >= 4 is 11.8 Å². The van der Waals surface area contributed by atoms with Gasteiger partial charge >= 0.3 is 0 Å². The van der Waals surface area contributed by atoms with Crippen LogP contribution in [-0.2, 0) is 0 Å². The van der Waals surface area contributed by atoms with Crippen LogP contribution in [0.15, 0.2) is 24.3 Å². The van der Waals surface area contributed by atoms with Crippen LogP contribution in [0.4, 0.5) is 0 Å². The first-order valence-electron chi connectivity index (χ1n) is 6.36. The van der Waals surface area contributed by atoms with Crippen molar-refractivity contribution in [2.75, 3.05) is 24.7 Å². The van der Waals surface area contributed by atoms with Crippen molar-refractivity contribution in [1.82, 2.24) is 0 Å². The summed E-state index contributed by atoms with van der Waals surface area (Å²) in [7, 11) is 0. The quantitative estimate of drug-likeness (QED) is 0.607. The summed E-state index contributed by atoms with van der Waals surface area (Å²) in [4.78, 5) is 0. The summed E-state index contributed by atoms with van der Waals surface area (Å²) in [6, 6.07) is 7.84. The molecular formula is C15H21NOS. The fourth-order valence-corrected chi connectivity index (χ4v) is 2.28. The Balaban J connectivity index is 2.29. The summed E-state index contributed by atoms with van der Waals surface area (Å²) in [6.45, 7) is 3.35. The van der Waals surface area contributed by atoms with Crippen LogP contribution >= 0.6 is 11.8 Å². The molecule has 0 bridgehead atoms. The minimum Gasteiger partial charge on any atom is -0.493 e. The van der Waals surface area contributed by atoms with Crippen LogP contribution < -0.4 is 10.5 Å². The molecule has 2 N–H and O–H groups in total. The summed E-state index contributed by atoms with van der Waals surface area (Å²) in [5.41, 5.74) is 6.30. The van der Waals surface area contributed by atoms with Gasteiger partial charge in [-0.05, 0) is 30.4 Å².